The van der Waals surface area contributed by atoms with E-state index in [2.05, 4.69) is 39.2 Å². The highest BCUT2D eigenvalue weighted by Crippen LogP contribution is 2.24. The summed E-state index contributed by atoms with van der Waals surface area (Å²) in [5, 5.41) is 4.27. The van der Waals surface area contributed by atoms with Crippen molar-refractivity contribution in [1.29, 1.82) is 0 Å². The molecule has 3 heterocycles. The van der Waals surface area contributed by atoms with Crippen molar-refractivity contribution in [1.82, 2.24) is 20.2 Å². The summed E-state index contributed by atoms with van der Waals surface area (Å²) in [5.74, 6) is 0.0220. The van der Waals surface area contributed by atoms with Crippen molar-refractivity contribution in [2.24, 2.45) is 0 Å². The molecule has 1 aromatic carbocycles. The fourth-order valence-corrected chi connectivity index (χ4v) is 3.75. The third-order valence-corrected chi connectivity index (χ3v) is 5.42. The molecule has 0 spiro atoms. The maximum atomic E-state index is 12.6. The molecule has 0 bridgehead atoms. The molecule has 1 fully saturated rings. The van der Waals surface area contributed by atoms with Gasteiger partial charge in [0.2, 0.25) is 0 Å². The Morgan fingerprint density at radius 3 is 2.73 bits per heavy atom. The lowest BCUT2D eigenvalue weighted by atomic mass is 10.0. The minimum Gasteiger partial charge on any atom is -0.361 e. The van der Waals surface area contributed by atoms with Gasteiger partial charge in [-0.1, -0.05) is 0 Å². The number of pyridine rings is 1. The minimum absolute atomic E-state index is 0.0220. The number of piperidine rings is 1. The molecule has 5 nitrogen and oxygen atoms in total. The van der Waals surface area contributed by atoms with E-state index >= 15 is 0 Å². The predicted molar refractivity (Wildman–Crippen MR) is 103 cm³/mol. The zero-order chi connectivity index (χ0) is 17.9. The highest BCUT2D eigenvalue weighted by Gasteiger charge is 2.24. The Bertz CT molecular complexity index is 881. The molecule has 5 heteroatoms. The van der Waals surface area contributed by atoms with Crippen LogP contribution in [0.4, 0.5) is 0 Å². The summed E-state index contributed by atoms with van der Waals surface area (Å²) in [6, 6.07) is 12.6. The standard InChI is InChI=1S/C21H24N4O/c1-15(16-4-9-22-10-5-16)25-12-7-19(8-13-25)24-21(26)18-2-3-20-17(14-18)6-11-23-20/h2-6,9-11,14-15,19,23H,7-8,12-13H2,1H3,(H,24,26)/t15-/m0/s1. The highest BCUT2D eigenvalue weighted by molar-refractivity contribution is 5.98. The second-order valence-corrected chi connectivity index (χ2v) is 7.02. The average molecular weight is 348 g/mol. The van der Waals surface area contributed by atoms with Gasteiger partial charge >= 0.3 is 0 Å². The Labute approximate surface area is 153 Å². The third-order valence-electron chi connectivity index (χ3n) is 5.42. The lowest BCUT2D eigenvalue weighted by Gasteiger charge is -2.36. The molecule has 1 aliphatic rings. The van der Waals surface area contributed by atoms with Crippen molar-refractivity contribution in [3.05, 3.63) is 66.1 Å². The summed E-state index contributed by atoms with van der Waals surface area (Å²) < 4.78 is 0. The number of carbonyl (C=O) groups is 1. The Hall–Kier alpha value is -2.66. The SMILES string of the molecule is C[C@@H](c1ccncc1)N1CCC(NC(=O)c2ccc3[nH]ccc3c2)CC1. The quantitative estimate of drug-likeness (QED) is 0.758. The van der Waals surface area contributed by atoms with Crippen LogP contribution in [0, 0.1) is 0 Å². The number of hydrogen-bond donors (Lipinski definition) is 2. The zero-order valence-electron chi connectivity index (χ0n) is 15.0. The number of H-pyrrole nitrogens is 1. The molecule has 1 aliphatic heterocycles. The monoisotopic (exact) mass is 348 g/mol. The van der Waals surface area contributed by atoms with Crippen molar-refractivity contribution < 1.29 is 4.79 Å². The van der Waals surface area contributed by atoms with Gasteiger partial charge in [-0.05, 0) is 61.7 Å². The molecule has 1 amide bonds. The average Bonchev–Trinajstić information content (AvgIpc) is 3.16. The zero-order valence-corrected chi connectivity index (χ0v) is 15.0. The van der Waals surface area contributed by atoms with E-state index in [0.717, 1.165) is 42.4 Å². The van der Waals surface area contributed by atoms with Crippen LogP contribution in [0.1, 0.15) is 41.7 Å². The van der Waals surface area contributed by atoms with Gasteiger partial charge in [0.1, 0.15) is 0 Å². The van der Waals surface area contributed by atoms with Crippen molar-refractivity contribution >= 4 is 16.8 Å². The van der Waals surface area contributed by atoms with E-state index in [1.807, 2.05) is 42.9 Å². The molecule has 0 aliphatic carbocycles. The van der Waals surface area contributed by atoms with E-state index in [1.54, 1.807) is 0 Å². The van der Waals surface area contributed by atoms with Crippen LogP contribution >= 0.6 is 0 Å². The fourth-order valence-electron chi connectivity index (χ4n) is 3.75. The number of nitrogens with zero attached hydrogens (tertiary/aromatic N) is 2. The number of aromatic amines is 1. The highest BCUT2D eigenvalue weighted by atomic mass is 16.1. The number of hydrogen-bond acceptors (Lipinski definition) is 3. The first-order chi connectivity index (χ1) is 12.7. The molecule has 26 heavy (non-hydrogen) atoms. The van der Waals surface area contributed by atoms with Crippen molar-refractivity contribution in [2.45, 2.75) is 31.8 Å². The summed E-state index contributed by atoms with van der Waals surface area (Å²) in [6.07, 6.45) is 7.55. The molecule has 4 rings (SSSR count). The lowest BCUT2D eigenvalue weighted by molar-refractivity contribution is 0.0896. The topological polar surface area (TPSA) is 61.0 Å². The normalized spacial score (nSPS) is 17.3. The Kier molecular flexibility index (Phi) is 4.71. The number of carbonyl (C=O) groups excluding carboxylic acids is 1. The third kappa shape index (κ3) is 3.48. The number of aromatic nitrogens is 2. The predicted octanol–water partition coefficient (Wildman–Crippen LogP) is 3.52. The number of likely N-dealkylation sites (tertiary alicyclic amines) is 1. The van der Waals surface area contributed by atoms with Crippen LogP contribution in [0.5, 0.6) is 0 Å². The second-order valence-electron chi connectivity index (χ2n) is 7.02. The Morgan fingerprint density at radius 2 is 1.96 bits per heavy atom. The van der Waals surface area contributed by atoms with Gasteiger partial charge in [-0.15, -0.1) is 0 Å². The van der Waals surface area contributed by atoms with Gasteiger partial charge in [0.05, 0.1) is 0 Å². The van der Waals surface area contributed by atoms with Crippen molar-refractivity contribution in [3.8, 4) is 0 Å². The van der Waals surface area contributed by atoms with Crippen LogP contribution in [0.25, 0.3) is 10.9 Å². The van der Waals surface area contributed by atoms with Crippen molar-refractivity contribution in [2.75, 3.05) is 13.1 Å². The molecular weight excluding hydrogens is 324 g/mol. The molecule has 134 valence electrons. The van der Waals surface area contributed by atoms with Gasteiger partial charge in [0.25, 0.3) is 5.91 Å². The molecule has 2 aromatic heterocycles. The number of benzene rings is 1. The molecule has 3 aromatic rings. The van der Waals surface area contributed by atoms with E-state index in [0.29, 0.717) is 6.04 Å². The van der Waals surface area contributed by atoms with E-state index in [9.17, 15) is 4.79 Å². The van der Waals surface area contributed by atoms with Gasteiger partial charge < -0.3 is 10.3 Å². The Morgan fingerprint density at radius 1 is 1.19 bits per heavy atom. The maximum Gasteiger partial charge on any atom is 0.251 e. The van der Waals surface area contributed by atoms with Gasteiger partial charge in [-0.25, -0.2) is 0 Å². The van der Waals surface area contributed by atoms with E-state index in [-0.39, 0.29) is 11.9 Å². The summed E-state index contributed by atoms with van der Waals surface area (Å²) >= 11 is 0. The Balaban J connectivity index is 1.34. The summed E-state index contributed by atoms with van der Waals surface area (Å²) in [4.78, 5) is 22.3. The molecule has 0 unspecified atom stereocenters. The molecule has 1 atom stereocenters. The van der Waals surface area contributed by atoms with Gasteiger partial charge in [-0.2, -0.15) is 0 Å². The number of rotatable bonds is 4. The van der Waals surface area contributed by atoms with Gasteiger partial charge in [-0.3, -0.25) is 14.7 Å². The molecule has 1 saturated heterocycles. The number of fused-ring (bicyclic) bond motifs is 1. The van der Waals surface area contributed by atoms with E-state index in [1.165, 1.54) is 5.56 Å². The van der Waals surface area contributed by atoms with Crippen LogP contribution in [0.15, 0.2) is 55.0 Å². The van der Waals surface area contributed by atoms with E-state index in [4.69, 9.17) is 0 Å². The van der Waals surface area contributed by atoms with Crippen LogP contribution in [-0.4, -0.2) is 39.9 Å². The van der Waals surface area contributed by atoms with E-state index < -0.39 is 0 Å². The molecular formula is C21H24N4O. The molecule has 0 radical (unpaired) electrons. The largest absolute Gasteiger partial charge is 0.361 e. The minimum atomic E-state index is 0.0220. The summed E-state index contributed by atoms with van der Waals surface area (Å²) in [7, 11) is 0. The van der Waals surface area contributed by atoms with Gasteiger partial charge in [0.15, 0.2) is 0 Å². The number of nitrogens with one attached hydrogen (secondary N) is 2. The van der Waals surface area contributed by atoms with Crippen molar-refractivity contribution in [3.63, 3.8) is 0 Å². The first-order valence-corrected chi connectivity index (χ1v) is 9.23. The molecule has 2 N–H and O–H groups in total. The maximum absolute atomic E-state index is 12.6. The summed E-state index contributed by atoms with van der Waals surface area (Å²) in [6.45, 7) is 4.22. The van der Waals surface area contributed by atoms with Crippen LogP contribution < -0.4 is 5.32 Å². The lowest BCUT2D eigenvalue weighted by Crippen LogP contribution is -2.45. The van der Waals surface area contributed by atoms with Gasteiger partial charge in [0, 0.05) is 60.2 Å². The van der Waals surface area contributed by atoms with Crippen LogP contribution in [0.3, 0.4) is 0 Å². The number of amides is 1. The second kappa shape index (κ2) is 7.30. The fraction of sp³-hybridized carbons (Fsp3) is 0.333. The van der Waals surface area contributed by atoms with Crippen LogP contribution in [0.2, 0.25) is 0 Å². The first kappa shape index (κ1) is 16.8. The molecule has 0 saturated carbocycles. The smallest absolute Gasteiger partial charge is 0.251 e. The van der Waals surface area contributed by atoms with Crippen LogP contribution in [-0.2, 0) is 0 Å². The first-order valence-electron chi connectivity index (χ1n) is 9.23. The summed E-state index contributed by atoms with van der Waals surface area (Å²) in [5.41, 5.74) is 3.08.